The maximum atomic E-state index is 12.9. The summed E-state index contributed by atoms with van der Waals surface area (Å²) >= 11 is 3.57. The topological polar surface area (TPSA) is 29.5 Å². The van der Waals surface area contributed by atoms with E-state index in [1.807, 2.05) is 25.7 Å². The van der Waals surface area contributed by atoms with Crippen molar-refractivity contribution in [2.75, 3.05) is 4.90 Å². The molecular weight excluding hydrogens is 354 g/mol. The molecule has 0 fully saturated rings. The van der Waals surface area contributed by atoms with Crippen molar-refractivity contribution < 1.29 is 9.53 Å². The number of anilines is 1. The van der Waals surface area contributed by atoms with E-state index < -0.39 is 5.60 Å². The van der Waals surface area contributed by atoms with Crippen molar-refractivity contribution in [2.45, 2.75) is 72.4 Å². The Kier molecular flexibility index (Phi) is 5.44. The van der Waals surface area contributed by atoms with Gasteiger partial charge in [0.2, 0.25) is 0 Å². The van der Waals surface area contributed by atoms with Gasteiger partial charge in [-0.1, -0.05) is 29.8 Å². The Labute approximate surface area is 148 Å². The number of fused-ring (bicyclic) bond motifs is 1. The summed E-state index contributed by atoms with van der Waals surface area (Å²) in [7, 11) is 0. The second kappa shape index (κ2) is 6.84. The first-order chi connectivity index (χ1) is 10.6. The molecule has 23 heavy (non-hydrogen) atoms. The minimum atomic E-state index is -0.486. The number of carbonyl (C=O) groups is 1. The fourth-order valence-electron chi connectivity index (χ4n) is 3.29. The van der Waals surface area contributed by atoms with Crippen LogP contribution in [0.15, 0.2) is 16.6 Å². The molecule has 1 amide bonds. The summed E-state index contributed by atoms with van der Waals surface area (Å²) in [5, 5.41) is 0. The van der Waals surface area contributed by atoms with E-state index in [0.717, 1.165) is 35.0 Å². The Hall–Kier alpha value is -1.03. The SMILES string of the molecule is Cc1cc(Br)cc2c1N(C(=O)OC(C)(C)C)C(CC(C)C)CC2. The number of benzene rings is 1. The Morgan fingerprint density at radius 3 is 2.61 bits per heavy atom. The fourth-order valence-corrected chi connectivity index (χ4v) is 3.91. The number of amides is 1. The fraction of sp³-hybridized carbons (Fsp3) is 0.632. The Bertz CT molecular complexity index is 590. The van der Waals surface area contributed by atoms with Gasteiger partial charge in [0.25, 0.3) is 0 Å². The second-order valence-electron chi connectivity index (χ2n) is 7.90. The third-order valence-corrected chi connectivity index (χ3v) is 4.49. The molecule has 1 heterocycles. The van der Waals surface area contributed by atoms with E-state index in [9.17, 15) is 4.79 Å². The minimum Gasteiger partial charge on any atom is -0.443 e. The number of carbonyl (C=O) groups excluding carboxylic acids is 1. The predicted octanol–water partition coefficient (Wildman–Crippen LogP) is 5.86. The number of halogens is 1. The van der Waals surface area contributed by atoms with Gasteiger partial charge in [-0.15, -0.1) is 0 Å². The lowest BCUT2D eigenvalue weighted by Crippen LogP contribution is -2.47. The van der Waals surface area contributed by atoms with Crippen LogP contribution >= 0.6 is 15.9 Å². The van der Waals surface area contributed by atoms with Gasteiger partial charge in [-0.05, 0) is 76.1 Å². The third kappa shape index (κ3) is 4.50. The van der Waals surface area contributed by atoms with Crippen molar-refractivity contribution in [1.82, 2.24) is 0 Å². The zero-order valence-electron chi connectivity index (χ0n) is 15.1. The molecule has 0 radical (unpaired) electrons. The lowest BCUT2D eigenvalue weighted by Gasteiger charge is -2.39. The highest BCUT2D eigenvalue weighted by atomic mass is 79.9. The molecule has 2 rings (SSSR count). The first-order valence-corrected chi connectivity index (χ1v) is 9.19. The van der Waals surface area contributed by atoms with Gasteiger partial charge in [0, 0.05) is 10.5 Å². The summed E-state index contributed by atoms with van der Waals surface area (Å²) in [6, 6.07) is 4.41. The van der Waals surface area contributed by atoms with Crippen molar-refractivity contribution in [2.24, 2.45) is 5.92 Å². The molecular formula is C19H28BrNO2. The zero-order chi connectivity index (χ0) is 17.4. The van der Waals surface area contributed by atoms with Gasteiger partial charge >= 0.3 is 6.09 Å². The highest BCUT2D eigenvalue weighted by molar-refractivity contribution is 9.10. The maximum absolute atomic E-state index is 12.9. The van der Waals surface area contributed by atoms with E-state index in [2.05, 4.69) is 48.8 Å². The maximum Gasteiger partial charge on any atom is 0.415 e. The highest BCUT2D eigenvalue weighted by Gasteiger charge is 2.35. The summed E-state index contributed by atoms with van der Waals surface area (Å²) in [5.41, 5.74) is 2.90. The van der Waals surface area contributed by atoms with Gasteiger partial charge in [-0.25, -0.2) is 4.79 Å². The average molecular weight is 382 g/mol. The first kappa shape index (κ1) is 18.3. The summed E-state index contributed by atoms with van der Waals surface area (Å²) in [6.45, 7) is 12.2. The molecule has 1 atom stereocenters. The molecule has 0 bridgehead atoms. The summed E-state index contributed by atoms with van der Waals surface area (Å²) in [6.07, 6.45) is 2.76. The molecule has 0 saturated heterocycles. The highest BCUT2D eigenvalue weighted by Crippen LogP contribution is 2.38. The van der Waals surface area contributed by atoms with Crippen LogP contribution in [0.4, 0.5) is 10.5 Å². The predicted molar refractivity (Wildman–Crippen MR) is 99.2 cm³/mol. The number of hydrogen-bond donors (Lipinski definition) is 0. The van der Waals surface area contributed by atoms with Crippen molar-refractivity contribution in [3.63, 3.8) is 0 Å². The van der Waals surface area contributed by atoms with Crippen LogP contribution < -0.4 is 4.90 Å². The van der Waals surface area contributed by atoms with Crippen molar-refractivity contribution >= 4 is 27.7 Å². The molecule has 1 unspecified atom stereocenters. The Morgan fingerprint density at radius 1 is 1.39 bits per heavy atom. The van der Waals surface area contributed by atoms with Crippen LogP contribution in [-0.4, -0.2) is 17.7 Å². The summed E-state index contributed by atoms with van der Waals surface area (Å²) in [5.74, 6) is 0.544. The van der Waals surface area contributed by atoms with E-state index in [1.54, 1.807) is 0 Å². The van der Waals surface area contributed by atoms with Crippen LogP contribution in [0.3, 0.4) is 0 Å². The minimum absolute atomic E-state index is 0.206. The molecule has 0 N–H and O–H groups in total. The molecule has 1 aliphatic heterocycles. The molecule has 0 aliphatic carbocycles. The molecule has 1 aliphatic rings. The van der Waals surface area contributed by atoms with E-state index in [1.165, 1.54) is 5.56 Å². The second-order valence-corrected chi connectivity index (χ2v) is 8.82. The molecule has 1 aromatic carbocycles. The van der Waals surface area contributed by atoms with Gasteiger partial charge in [-0.3, -0.25) is 4.90 Å². The number of rotatable bonds is 2. The van der Waals surface area contributed by atoms with Crippen LogP contribution in [0, 0.1) is 12.8 Å². The molecule has 3 nitrogen and oxygen atoms in total. The normalized spacial score (nSPS) is 18.1. The Morgan fingerprint density at radius 2 is 2.04 bits per heavy atom. The lowest BCUT2D eigenvalue weighted by atomic mass is 9.89. The smallest absolute Gasteiger partial charge is 0.415 e. The van der Waals surface area contributed by atoms with Crippen LogP contribution in [-0.2, 0) is 11.2 Å². The largest absolute Gasteiger partial charge is 0.443 e. The van der Waals surface area contributed by atoms with Gasteiger partial charge < -0.3 is 4.74 Å². The number of ether oxygens (including phenoxy) is 1. The molecule has 1 aromatic rings. The number of hydrogen-bond acceptors (Lipinski definition) is 2. The monoisotopic (exact) mass is 381 g/mol. The standard InChI is InChI=1S/C19H28BrNO2/c1-12(2)9-16-8-7-14-11-15(20)10-13(3)17(14)21(16)18(22)23-19(4,5)6/h10-12,16H,7-9H2,1-6H3. The van der Waals surface area contributed by atoms with Gasteiger partial charge in [-0.2, -0.15) is 0 Å². The Balaban J connectivity index is 2.45. The third-order valence-electron chi connectivity index (χ3n) is 4.03. The van der Waals surface area contributed by atoms with Crippen molar-refractivity contribution in [3.05, 3.63) is 27.7 Å². The van der Waals surface area contributed by atoms with Crippen molar-refractivity contribution in [1.29, 1.82) is 0 Å². The lowest BCUT2D eigenvalue weighted by molar-refractivity contribution is 0.0556. The number of aryl methyl sites for hydroxylation is 2. The summed E-state index contributed by atoms with van der Waals surface area (Å²) < 4.78 is 6.78. The van der Waals surface area contributed by atoms with Crippen LogP contribution in [0.2, 0.25) is 0 Å². The van der Waals surface area contributed by atoms with E-state index in [4.69, 9.17) is 4.74 Å². The van der Waals surface area contributed by atoms with Gasteiger partial charge in [0.1, 0.15) is 5.60 Å². The molecule has 128 valence electrons. The summed E-state index contributed by atoms with van der Waals surface area (Å²) in [4.78, 5) is 14.8. The molecule has 0 aromatic heterocycles. The van der Waals surface area contributed by atoms with E-state index in [0.29, 0.717) is 5.92 Å². The van der Waals surface area contributed by atoms with Gasteiger partial charge in [0.05, 0.1) is 5.69 Å². The van der Waals surface area contributed by atoms with Crippen LogP contribution in [0.5, 0.6) is 0 Å². The van der Waals surface area contributed by atoms with E-state index >= 15 is 0 Å². The zero-order valence-corrected chi connectivity index (χ0v) is 16.7. The average Bonchev–Trinajstić information content (AvgIpc) is 2.36. The van der Waals surface area contributed by atoms with Gasteiger partial charge in [0.15, 0.2) is 0 Å². The van der Waals surface area contributed by atoms with E-state index in [-0.39, 0.29) is 12.1 Å². The molecule has 0 saturated carbocycles. The first-order valence-electron chi connectivity index (χ1n) is 8.39. The molecule has 4 heteroatoms. The molecule has 0 spiro atoms. The quantitative estimate of drug-likeness (QED) is 0.641. The van der Waals surface area contributed by atoms with Crippen LogP contribution in [0.25, 0.3) is 0 Å². The number of nitrogens with zero attached hydrogens (tertiary/aromatic N) is 1. The van der Waals surface area contributed by atoms with Crippen molar-refractivity contribution in [3.8, 4) is 0 Å². The van der Waals surface area contributed by atoms with Crippen LogP contribution in [0.1, 0.15) is 58.6 Å².